The number of amides is 1. The highest BCUT2D eigenvalue weighted by Crippen LogP contribution is 2.23. The number of nitrogens with zero attached hydrogens (tertiary/aromatic N) is 5. The van der Waals surface area contributed by atoms with Crippen molar-refractivity contribution >= 4 is 5.91 Å². The number of nitrogens with one attached hydrogen (secondary N) is 1. The minimum atomic E-state index is -0.144. The number of carbonyl (C=O) groups is 1. The molecule has 1 unspecified atom stereocenters. The van der Waals surface area contributed by atoms with Gasteiger partial charge in [-0.2, -0.15) is 5.10 Å². The van der Waals surface area contributed by atoms with E-state index in [2.05, 4.69) is 20.7 Å². The summed E-state index contributed by atoms with van der Waals surface area (Å²) in [5, 5.41) is 15.7. The summed E-state index contributed by atoms with van der Waals surface area (Å²) in [6.45, 7) is 3.86. The van der Waals surface area contributed by atoms with E-state index in [4.69, 9.17) is 9.15 Å². The Bertz CT molecular complexity index is 925. The SMILES string of the molecule is Cc1occc1C(=O)NCC1COCc2c(-c3ccnn3C)nnn2C1. The van der Waals surface area contributed by atoms with E-state index < -0.39 is 0 Å². The molecule has 1 aliphatic heterocycles. The van der Waals surface area contributed by atoms with Crippen LogP contribution < -0.4 is 5.32 Å². The largest absolute Gasteiger partial charge is 0.469 e. The maximum atomic E-state index is 12.2. The van der Waals surface area contributed by atoms with E-state index in [1.807, 2.05) is 17.8 Å². The molecule has 9 heteroatoms. The normalized spacial score (nSPS) is 16.9. The van der Waals surface area contributed by atoms with Crippen LogP contribution in [0, 0.1) is 12.8 Å². The van der Waals surface area contributed by atoms with Crippen molar-refractivity contribution in [2.45, 2.75) is 20.1 Å². The number of hydrogen-bond acceptors (Lipinski definition) is 6. The number of aromatic nitrogens is 5. The number of carbonyl (C=O) groups excluding carboxylic acids is 1. The molecule has 3 aromatic heterocycles. The standard InChI is InChI=1S/C17H20N6O3/c1-11-13(4-6-26-11)17(24)18-7-12-8-23-15(10-25-9-12)16(20-21-23)14-3-5-19-22(14)2/h3-6,12H,7-10H2,1-2H3,(H,18,24). The Morgan fingerprint density at radius 2 is 2.31 bits per heavy atom. The maximum Gasteiger partial charge on any atom is 0.254 e. The minimum absolute atomic E-state index is 0.105. The minimum Gasteiger partial charge on any atom is -0.469 e. The quantitative estimate of drug-likeness (QED) is 0.753. The summed E-state index contributed by atoms with van der Waals surface area (Å²) in [6, 6.07) is 3.57. The topological polar surface area (TPSA) is 100 Å². The average Bonchev–Trinajstić information content (AvgIpc) is 3.30. The van der Waals surface area contributed by atoms with E-state index in [0.29, 0.717) is 37.6 Å². The van der Waals surface area contributed by atoms with Crippen LogP contribution in [-0.4, -0.2) is 43.8 Å². The van der Waals surface area contributed by atoms with Crippen LogP contribution in [0.4, 0.5) is 0 Å². The van der Waals surface area contributed by atoms with E-state index in [-0.39, 0.29) is 11.8 Å². The molecule has 136 valence electrons. The molecule has 9 nitrogen and oxygen atoms in total. The number of hydrogen-bond donors (Lipinski definition) is 1. The van der Waals surface area contributed by atoms with Gasteiger partial charge in [-0.1, -0.05) is 5.21 Å². The van der Waals surface area contributed by atoms with Crippen LogP contribution in [-0.2, 0) is 24.9 Å². The lowest BCUT2D eigenvalue weighted by atomic mass is 10.1. The van der Waals surface area contributed by atoms with E-state index in [1.165, 1.54) is 6.26 Å². The second-order valence-corrected chi connectivity index (χ2v) is 6.39. The molecular formula is C17H20N6O3. The van der Waals surface area contributed by atoms with Gasteiger partial charge in [0, 0.05) is 32.3 Å². The molecule has 1 amide bonds. The molecular weight excluding hydrogens is 336 g/mol. The molecule has 4 heterocycles. The van der Waals surface area contributed by atoms with E-state index >= 15 is 0 Å². The van der Waals surface area contributed by atoms with Gasteiger partial charge in [0.15, 0.2) is 0 Å². The van der Waals surface area contributed by atoms with Crippen molar-refractivity contribution in [2.75, 3.05) is 13.2 Å². The smallest absolute Gasteiger partial charge is 0.254 e. The van der Waals surface area contributed by atoms with Gasteiger partial charge in [0.2, 0.25) is 0 Å². The van der Waals surface area contributed by atoms with Gasteiger partial charge >= 0.3 is 0 Å². The zero-order valence-electron chi connectivity index (χ0n) is 14.7. The molecule has 0 spiro atoms. The second kappa shape index (κ2) is 6.75. The number of aryl methyl sites for hydroxylation is 2. The highest BCUT2D eigenvalue weighted by atomic mass is 16.5. The molecule has 0 fully saturated rings. The molecule has 0 saturated carbocycles. The summed E-state index contributed by atoms with van der Waals surface area (Å²) in [4.78, 5) is 12.2. The second-order valence-electron chi connectivity index (χ2n) is 6.39. The highest BCUT2D eigenvalue weighted by molar-refractivity contribution is 5.95. The highest BCUT2D eigenvalue weighted by Gasteiger charge is 2.24. The third kappa shape index (κ3) is 3.01. The number of furan rings is 1. The first-order valence-corrected chi connectivity index (χ1v) is 8.44. The predicted molar refractivity (Wildman–Crippen MR) is 91.1 cm³/mol. The summed E-state index contributed by atoms with van der Waals surface area (Å²) in [6.07, 6.45) is 3.25. The van der Waals surface area contributed by atoms with Gasteiger partial charge in [-0.3, -0.25) is 9.48 Å². The summed E-state index contributed by atoms with van der Waals surface area (Å²) >= 11 is 0. The zero-order valence-corrected chi connectivity index (χ0v) is 14.7. The molecule has 26 heavy (non-hydrogen) atoms. The van der Waals surface area contributed by atoms with Crippen molar-refractivity contribution < 1.29 is 13.9 Å². The fourth-order valence-electron chi connectivity index (χ4n) is 3.12. The summed E-state index contributed by atoms with van der Waals surface area (Å²) in [5.74, 6) is 0.572. The van der Waals surface area contributed by atoms with Gasteiger partial charge in [0.1, 0.15) is 11.5 Å². The molecule has 4 rings (SSSR count). The van der Waals surface area contributed by atoms with Crippen molar-refractivity contribution in [3.63, 3.8) is 0 Å². The van der Waals surface area contributed by atoms with Gasteiger partial charge in [0.05, 0.1) is 36.4 Å². The molecule has 1 aliphatic rings. The van der Waals surface area contributed by atoms with Crippen LogP contribution in [0.25, 0.3) is 11.4 Å². The lowest BCUT2D eigenvalue weighted by molar-refractivity contribution is 0.0851. The molecule has 3 aromatic rings. The number of rotatable bonds is 4. The Labute approximate surface area is 149 Å². The molecule has 0 radical (unpaired) electrons. The van der Waals surface area contributed by atoms with Crippen LogP contribution in [0.1, 0.15) is 21.8 Å². The fourth-order valence-corrected chi connectivity index (χ4v) is 3.12. The monoisotopic (exact) mass is 356 g/mol. The molecule has 0 aliphatic carbocycles. The molecule has 1 N–H and O–H groups in total. The van der Waals surface area contributed by atoms with Gasteiger partial charge in [-0.05, 0) is 19.1 Å². The lowest BCUT2D eigenvalue weighted by Gasteiger charge is -2.14. The van der Waals surface area contributed by atoms with Gasteiger partial charge in [0.25, 0.3) is 5.91 Å². The third-order valence-electron chi connectivity index (χ3n) is 4.58. The van der Waals surface area contributed by atoms with Crippen molar-refractivity contribution in [2.24, 2.45) is 13.0 Å². The van der Waals surface area contributed by atoms with Gasteiger partial charge < -0.3 is 14.5 Å². The Hall–Kier alpha value is -2.94. The lowest BCUT2D eigenvalue weighted by Crippen LogP contribution is -2.33. The third-order valence-corrected chi connectivity index (χ3v) is 4.58. The summed E-state index contributed by atoms with van der Waals surface area (Å²) in [5.41, 5.74) is 3.16. The Balaban J connectivity index is 1.46. The first-order valence-electron chi connectivity index (χ1n) is 8.44. The van der Waals surface area contributed by atoms with Crippen LogP contribution in [0.3, 0.4) is 0 Å². The Morgan fingerprint density at radius 3 is 3.04 bits per heavy atom. The first kappa shape index (κ1) is 16.5. The van der Waals surface area contributed by atoms with Crippen molar-refractivity contribution in [3.8, 4) is 11.4 Å². The predicted octanol–water partition coefficient (Wildman–Crippen LogP) is 1.16. The number of ether oxygens (including phenoxy) is 1. The Morgan fingerprint density at radius 1 is 1.42 bits per heavy atom. The average molecular weight is 356 g/mol. The van der Waals surface area contributed by atoms with Crippen LogP contribution in [0.5, 0.6) is 0 Å². The van der Waals surface area contributed by atoms with E-state index in [1.54, 1.807) is 23.9 Å². The number of fused-ring (bicyclic) bond motifs is 1. The van der Waals surface area contributed by atoms with Crippen molar-refractivity contribution in [3.05, 3.63) is 41.6 Å². The summed E-state index contributed by atoms with van der Waals surface area (Å²) in [7, 11) is 1.87. The van der Waals surface area contributed by atoms with Crippen LogP contribution in [0.2, 0.25) is 0 Å². The van der Waals surface area contributed by atoms with Crippen LogP contribution in [0.15, 0.2) is 29.0 Å². The van der Waals surface area contributed by atoms with Crippen LogP contribution >= 0.6 is 0 Å². The Kier molecular flexibility index (Phi) is 4.29. The first-order chi connectivity index (χ1) is 12.6. The van der Waals surface area contributed by atoms with Crippen molar-refractivity contribution in [1.82, 2.24) is 30.1 Å². The molecule has 1 atom stereocenters. The molecule has 0 saturated heterocycles. The summed E-state index contributed by atoms with van der Waals surface area (Å²) < 4.78 is 14.6. The van der Waals surface area contributed by atoms with E-state index in [9.17, 15) is 4.79 Å². The molecule has 0 bridgehead atoms. The zero-order chi connectivity index (χ0) is 18.1. The van der Waals surface area contributed by atoms with E-state index in [0.717, 1.165) is 17.1 Å². The van der Waals surface area contributed by atoms with Gasteiger partial charge in [-0.25, -0.2) is 4.68 Å². The molecule has 0 aromatic carbocycles. The van der Waals surface area contributed by atoms with Crippen molar-refractivity contribution in [1.29, 1.82) is 0 Å². The maximum absolute atomic E-state index is 12.2. The van der Waals surface area contributed by atoms with Gasteiger partial charge in [-0.15, -0.1) is 5.10 Å². The fraction of sp³-hybridized carbons (Fsp3) is 0.412.